The van der Waals surface area contributed by atoms with Crippen LogP contribution >= 0.6 is 0 Å². The Morgan fingerprint density at radius 1 is 1.08 bits per heavy atom. The molecule has 0 spiro atoms. The van der Waals surface area contributed by atoms with Crippen molar-refractivity contribution >= 4 is 22.1 Å². The second-order valence-electron chi connectivity index (χ2n) is 5.51. The van der Waals surface area contributed by atoms with Gasteiger partial charge < -0.3 is 4.90 Å². The summed E-state index contributed by atoms with van der Waals surface area (Å²) in [4.78, 5) is 13.9. The van der Waals surface area contributed by atoms with Crippen LogP contribution < -0.4 is 10.0 Å². The van der Waals surface area contributed by atoms with Gasteiger partial charge in [0.05, 0.1) is 5.69 Å². The number of aromatic nitrogens is 2. The SMILES string of the molecule is CNS(=O)(=O)N1CCN(C(=O)Nc2ccn(-c3ccccc3)n2)CC1. The molecular weight excluding hydrogens is 344 g/mol. The lowest BCUT2D eigenvalue weighted by Crippen LogP contribution is -2.53. The van der Waals surface area contributed by atoms with Crippen LogP contribution in [0.1, 0.15) is 0 Å². The lowest BCUT2D eigenvalue weighted by atomic mass is 10.3. The summed E-state index contributed by atoms with van der Waals surface area (Å²) in [5.41, 5.74) is 0.897. The van der Waals surface area contributed by atoms with Crippen LogP contribution in [0, 0.1) is 0 Å². The van der Waals surface area contributed by atoms with Crippen molar-refractivity contribution in [3.05, 3.63) is 42.6 Å². The summed E-state index contributed by atoms with van der Waals surface area (Å²) in [6.45, 7) is 1.17. The van der Waals surface area contributed by atoms with E-state index in [1.54, 1.807) is 21.8 Å². The van der Waals surface area contributed by atoms with Crippen LogP contribution in [0.3, 0.4) is 0 Å². The summed E-state index contributed by atoms with van der Waals surface area (Å²) in [6, 6.07) is 11.0. The molecule has 1 aliphatic heterocycles. The van der Waals surface area contributed by atoms with E-state index >= 15 is 0 Å². The molecule has 134 valence electrons. The maximum atomic E-state index is 12.3. The van der Waals surface area contributed by atoms with Gasteiger partial charge in [-0.05, 0) is 12.1 Å². The van der Waals surface area contributed by atoms with Crippen LogP contribution in [0.5, 0.6) is 0 Å². The Hall–Kier alpha value is -2.43. The minimum absolute atomic E-state index is 0.259. The second-order valence-corrected chi connectivity index (χ2v) is 7.38. The van der Waals surface area contributed by atoms with Crippen LogP contribution in [0.25, 0.3) is 5.69 Å². The average Bonchev–Trinajstić information content (AvgIpc) is 3.11. The summed E-state index contributed by atoms with van der Waals surface area (Å²) in [5.74, 6) is 0.444. The molecule has 3 rings (SSSR count). The second kappa shape index (κ2) is 7.21. The molecule has 0 atom stereocenters. The standard InChI is InChI=1S/C15H20N6O3S/c1-16-25(23,24)20-11-9-19(10-12-20)15(22)17-14-7-8-21(18-14)13-5-3-2-4-6-13/h2-8,16H,9-12H2,1H3,(H,17,18,22). The van der Waals surface area contributed by atoms with Gasteiger partial charge in [-0.25, -0.2) is 14.2 Å². The lowest BCUT2D eigenvalue weighted by Gasteiger charge is -2.33. The first-order valence-electron chi connectivity index (χ1n) is 7.85. The fourth-order valence-electron chi connectivity index (χ4n) is 2.56. The Bertz CT molecular complexity index is 828. The molecule has 2 aromatic rings. The summed E-state index contributed by atoms with van der Waals surface area (Å²) in [7, 11) is -2.07. The van der Waals surface area contributed by atoms with Gasteiger partial charge in [0.15, 0.2) is 5.82 Å². The summed E-state index contributed by atoms with van der Waals surface area (Å²) < 4.78 is 28.8. The van der Waals surface area contributed by atoms with Crippen molar-refractivity contribution in [2.75, 3.05) is 38.5 Å². The quantitative estimate of drug-likeness (QED) is 0.824. The number of carbonyl (C=O) groups excluding carboxylic acids is 1. The monoisotopic (exact) mass is 364 g/mol. The lowest BCUT2D eigenvalue weighted by molar-refractivity contribution is 0.184. The van der Waals surface area contributed by atoms with E-state index in [1.165, 1.54) is 11.4 Å². The number of nitrogens with zero attached hydrogens (tertiary/aromatic N) is 4. The van der Waals surface area contributed by atoms with Crippen molar-refractivity contribution < 1.29 is 13.2 Å². The highest BCUT2D eigenvalue weighted by Gasteiger charge is 2.27. The molecule has 1 aromatic carbocycles. The van der Waals surface area contributed by atoms with Crippen LogP contribution in [-0.2, 0) is 10.2 Å². The minimum atomic E-state index is -3.45. The number of rotatable bonds is 4. The number of amides is 2. The van der Waals surface area contributed by atoms with Gasteiger partial charge in [0.25, 0.3) is 10.2 Å². The number of hydrogen-bond donors (Lipinski definition) is 2. The molecule has 1 aliphatic rings. The van der Waals surface area contributed by atoms with Crippen LogP contribution in [0.2, 0.25) is 0 Å². The van der Waals surface area contributed by atoms with E-state index in [1.807, 2.05) is 30.3 Å². The molecule has 10 heteroatoms. The van der Waals surface area contributed by atoms with E-state index in [2.05, 4.69) is 15.1 Å². The van der Waals surface area contributed by atoms with Crippen LogP contribution in [-0.4, -0.2) is 66.7 Å². The first-order chi connectivity index (χ1) is 12.0. The molecule has 0 unspecified atom stereocenters. The van der Waals surface area contributed by atoms with Gasteiger partial charge >= 0.3 is 6.03 Å². The van der Waals surface area contributed by atoms with Crippen molar-refractivity contribution in [2.24, 2.45) is 0 Å². The predicted molar refractivity (Wildman–Crippen MR) is 93.7 cm³/mol. The van der Waals surface area contributed by atoms with Gasteiger partial charge in [-0.15, -0.1) is 5.10 Å². The molecule has 0 bridgehead atoms. The Balaban J connectivity index is 1.58. The molecule has 2 N–H and O–H groups in total. The first kappa shape index (κ1) is 17.4. The molecule has 1 saturated heterocycles. The third-order valence-corrected chi connectivity index (χ3v) is 5.53. The Kier molecular flexibility index (Phi) is 5.02. The molecule has 9 nitrogen and oxygen atoms in total. The Labute approximate surface area is 146 Å². The summed E-state index contributed by atoms with van der Waals surface area (Å²) >= 11 is 0. The van der Waals surface area contributed by atoms with Gasteiger partial charge in [0.2, 0.25) is 0 Å². The van der Waals surface area contributed by atoms with E-state index in [9.17, 15) is 13.2 Å². The fourth-order valence-corrected chi connectivity index (χ4v) is 3.47. The van der Waals surface area contributed by atoms with Gasteiger partial charge in [-0.1, -0.05) is 18.2 Å². The zero-order valence-corrected chi connectivity index (χ0v) is 14.6. The summed E-state index contributed by atoms with van der Waals surface area (Å²) in [6.07, 6.45) is 1.77. The molecule has 25 heavy (non-hydrogen) atoms. The summed E-state index contributed by atoms with van der Waals surface area (Å²) in [5, 5.41) is 7.07. The van der Waals surface area contributed by atoms with Gasteiger partial charge in [-0.3, -0.25) is 5.32 Å². The highest BCUT2D eigenvalue weighted by Crippen LogP contribution is 2.12. The van der Waals surface area contributed by atoms with E-state index < -0.39 is 10.2 Å². The van der Waals surface area contributed by atoms with E-state index in [0.717, 1.165) is 5.69 Å². The zero-order chi connectivity index (χ0) is 17.9. The van der Waals surface area contributed by atoms with Gasteiger partial charge in [0, 0.05) is 45.5 Å². The number of nitrogens with one attached hydrogen (secondary N) is 2. The van der Waals surface area contributed by atoms with Crippen molar-refractivity contribution in [1.82, 2.24) is 23.7 Å². The van der Waals surface area contributed by atoms with Crippen LogP contribution in [0.4, 0.5) is 10.6 Å². The molecule has 0 radical (unpaired) electrons. The molecule has 1 fully saturated rings. The smallest absolute Gasteiger partial charge is 0.322 e. The number of anilines is 1. The topological polar surface area (TPSA) is 99.6 Å². The first-order valence-corrected chi connectivity index (χ1v) is 9.29. The molecule has 0 saturated carbocycles. The fraction of sp³-hybridized carbons (Fsp3) is 0.333. The highest BCUT2D eigenvalue weighted by molar-refractivity contribution is 7.87. The average molecular weight is 364 g/mol. The van der Waals surface area contributed by atoms with Gasteiger partial charge in [-0.2, -0.15) is 12.7 Å². The molecule has 2 heterocycles. The normalized spacial score (nSPS) is 16.0. The molecule has 0 aliphatic carbocycles. The van der Waals surface area contributed by atoms with Crippen LogP contribution in [0.15, 0.2) is 42.6 Å². The van der Waals surface area contributed by atoms with E-state index in [0.29, 0.717) is 18.9 Å². The van der Waals surface area contributed by atoms with E-state index in [-0.39, 0.29) is 19.1 Å². The molecular formula is C15H20N6O3S. The number of para-hydroxylation sites is 1. The Morgan fingerprint density at radius 2 is 1.76 bits per heavy atom. The largest absolute Gasteiger partial charge is 0.323 e. The molecule has 1 aromatic heterocycles. The highest BCUT2D eigenvalue weighted by atomic mass is 32.2. The number of piperazine rings is 1. The van der Waals surface area contributed by atoms with Crippen molar-refractivity contribution in [2.45, 2.75) is 0 Å². The Morgan fingerprint density at radius 3 is 2.40 bits per heavy atom. The molecule has 2 amide bonds. The van der Waals surface area contributed by atoms with Crippen molar-refractivity contribution in [3.8, 4) is 5.69 Å². The predicted octanol–water partition coefficient (Wildman–Crippen LogP) is 0.486. The van der Waals surface area contributed by atoms with Gasteiger partial charge in [0.1, 0.15) is 0 Å². The maximum Gasteiger partial charge on any atom is 0.323 e. The number of urea groups is 1. The van der Waals surface area contributed by atoms with Crippen molar-refractivity contribution in [3.63, 3.8) is 0 Å². The number of carbonyl (C=O) groups is 1. The number of hydrogen-bond acceptors (Lipinski definition) is 4. The zero-order valence-electron chi connectivity index (χ0n) is 13.8. The maximum absolute atomic E-state index is 12.3. The van der Waals surface area contributed by atoms with E-state index in [4.69, 9.17) is 0 Å². The van der Waals surface area contributed by atoms with Crippen molar-refractivity contribution in [1.29, 1.82) is 0 Å². The third-order valence-electron chi connectivity index (χ3n) is 3.97. The number of benzene rings is 1. The third kappa shape index (κ3) is 3.98. The minimum Gasteiger partial charge on any atom is -0.322 e.